The predicted molar refractivity (Wildman–Crippen MR) is 48.4 cm³/mol. The van der Waals surface area contributed by atoms with Crippen LogP contribution in [0.2, 0.25) is 0 Å². The molecule has 0 aromatic heterocycles. The van der Waals surface area contributed by atoms with Gasteiger partial charge in [0.15, 0.2) is 0 Å². The van der Waals surface area contributed by atoms with Gasteiger partial charge in [0.05, 0.1) is 6.61 Å². The average molecular weight is 159 g/mol. The molecule has 0 aromatic carbocycles. The quantitative estimate of drug-likeness (QED) is 0.500. The molecule has 0 spiro atoms. The van der Waals surface area contributed by atoms with Crippen LogP contribution >= 0.6 is 0 Å². The standard InChI is InChI=1S/C7H13O.C2H6O/c1-4-5-8-6-7(2)3;1-2-3/h1-2,4-6H2,3H3;3H,2H2,1H3. The van der Waals surface area contributed by atoms with E-state index in [9.17, 15) is 0 Å². The first kappa shape index (κ1) is 13.3. The molecule has 0 aliphatic carbocycles. The molecule has 2 heteroatoms. The maximum atomic E-state index is 7.57. The molecule has 0 saturated heterocycles. The fraction of sp³-hybridized carbons (Fsp3) is 0.667. The smallest absolute Gasteiger partial charge is 0.0671 e. The summed E-state index contributed by atoms with van der Waals surface area (Å²) in [6.07, 6.45) is 0.841. The van der Waals surface area contributed by atoms with Gasteiger partial charge in [0, 0.05) is 13.2 Å². The predicted octanol–water partition coefficient (Wildman–Crippen LogP) is 1.80. The van der Waals surface area contributed by atoms with Gasteiger partial charge >= 0.3 is 0 Å². The maximum Gasteiger partial charge on any atom is 0.0671 e. The van der Waals surface area contributed by atoms with Gasteiger partial charge in [-0.05, 0) is 20.3 Å². The summed E-state index contributed by atoms with van der Waals surface area (Å²) in [7, 11) is 0. The van der Waals surface area contributed by atoms with Gasteiger partial charge in [-0.25, -0.2) is 0 Å². The van der Waals surface area contributed by atoms with Crippen LogP contribution in [0.5, 0.6) is 0 Å². The number of aliphatic hydroxyl groups excluding tert-OH is 1. The first-order valence-corrected chi connectivity index (χ1v) is 3.81. The maximum absolute atomic E-state index is 7.57. The summed E-state index contributed by atoms with van der Waals surface area (Å²) in [5, 5.41) is 7.57. The molecule has 0 rings (SSSR count). The number of hydrogen-bond donors (Lipinski definition) is 1. The largest absolute Gasteiger partial charge is 0.397 e. The molecule has 0 fully saturated rings. The average Bonchev–Trinajstić information content (AvgIpc) is 1.89. The molecule has 0 heterocycles. The second kappa shape index (κ2) is 12.3. The summed E-state index contributed by atoms with van der Waals surface area (Å²) < 4.78 is 5.08. The Balaban J connectivity index is 0. The van der Waals surface area contributed by atoms with Crippen LogP contribution in [-0.2, 0) is 4.74 Å². The van der Waals surface area contributed by atoms with Crippen molar-refractivity contribution in [2.45, 2.75) is 20.3 Å². The lowest BCUT2D eigenvalue weighted by molar-refractivity contribution is 0.161. The highest BCUT2D eigenvalue weighted by Gasteiger charge is 1.82. The van der Waals surface area contributed by atoms with E-state index in [1.807, 2.05) is 6.92 Å². The van der Waals surface area contributed by atoms with Crippen LogP contribution in [0.3, 0.4) is 0 Å². The highest BCUT2D eigenvalue weighted by molar-refractivity contribution is 4.87. The lowest BCUT2D eigenvalue weighted by Crippen LogP contribution is -1.94. The Bertz CT molecular complexity index is 79.6. The molecule has 0 saturated carbocycles. The van der Waals surface area contributed by atoms with E-state index in [2.05, 4.69) is 13.5 Å². The zero-order chi connectivity index (χ0) is 9.11. The van der Waals surface area contributed by atoms with Gasteiger partial charge in [-0.1, -0.05) is 19.1 Å². The van der Waals surface area contributed by atoms with Crippen molar-refractivity contribution in [3.05, 3.63) is 19.1 Å². The summed E-state index contributed by atoms with van der Waals surface area (Å²) >= 11 is 0. The Morgan fingerprint density at radius 1 is 1.55 bits per heavy atom. The molecule has 0 aromatic rings. The van der Waals surface area contributed by atoms with Crippen molar-refractivity contribution in [2.24, 2.45) is 0 Å². The van der Waals surface area contributed by atoms with Gasteiger partial charge in [0.25, 0.3) is 0 Å². The summed E-state index contributed by atoms with van der Waals surface area (Å²) in [5.74, 6) is 0. The zero-order valence-electron chi connectivity index (χ0n) is 7.60. The summed E-state index contributed by atoms with van der Waals surface area (Å²) in [4.78, 5) is 0. The molecule has 1 N–H and O–H groups in total. The molecule has 2 nitrogen and oxygen atoms in total. The number of aliphatic hydroxyl groups is 1. The third-order valence-corrected chi connectivity index (χ3v) is 0.637. The van der Waals surface area contributed by atoms with Gasteiger partial charge in [-0.2, -0.15) is 0 Å². The van der Waals surface area contributed by atoms with Crippen molar-refractivity contribution in [1.29, 1.82) is 0 Å². The molecule has 1 radical (unpaired) electrons. The van der Waals surface area contributed by atoms with E-state index in [1.165, 1.54) is 0 Å². The molecule has 0 unspecified atom stereocenters. The third kappa shape index (κ3) is 26.1. The Labute approximate surface area is 69.9 Å². The summed E-state index contributed by atoms with van der Waals surface area (Å²) in [5.41, 5.74) is 1.07. The minimum Gasteiger partial charge on any atom is -0.397 e. The van der Waals surface area contributed by atoms with Crippen LogP contribution < -0.4 is 0 Å². The van der Waals surface area contributed by atoms with E-state index in [4.69, 9.17) is 9.84 Å². The molecule has 0 amide bonds. The zero-order valence-corrected chi connectivity index (χ0v) is 7.60. The lowest BCUT2D eigenvalue weighted by atomic mass is 10.4. The van der Waals surface area contributed by atoms with E-state index in [0.29, 0.717) is 6.61 Å². The number of rotatable bonds is 4. The van der Waals surface area contributed by atoms with Crippen LogP contribution in [0.15, 0.2) is 12.2 Å². The molecule has 0 bridgehead atoms. The van der Waals surface area contributed by atoms with E-state index < -0.39 is 0 Å². The lowest BCUT2D eigenvalue weighted by Gasteiger charge is -1.98. The van der Waals surface area contributed by atoms with Crippen LogP contribution in [0.4, 0.5) is 0 Å². The van der Waals surface area contributed by atoms with Gasteiger partial charge in [0.1, 0.15) is 0 Å². The van der Waals surface area contributed by atoms with Crippen LogP contribution in [-0.4, -0.2) is 24.9 Å². The Kier molecular flexibility index (Phi) is 14.9. The van der Waals surface area contributed by atoms with Crippen LogP contribution in [0.1, 0.15) is 20.3 Å². The van der Waals surface area contributed by atoms with Crippen molar-refractivity contribution in [3.8, 4) is 0 Å². The molecular weight excluding hydrogens is 140 g/mol. The number of ether oxygens (including phenoxy) is 1. The molecular formula is C9H19O2. The van der Waals surface area contributed by atoms with E-state index in [-0.39, 0.29) is 6.61 Å². The second-order valence-electron chi connectivity index (χ2n) is 2.18. The highest BCUT2D eigenvalue weighted by atomic mass is 16.5. The van der Waals surface area contributed by atoms with Crippen molar-refractivity contribution in [2.75, 3.05) is 19.8 Å². The van der Waals surface area contributed by atoms with Crippen molar-refractivity contribution in [3.63, 3.8) is 0 Å². The molecule has 67 valence electrons. The van der Waals surface area contributed by atoms with Crippen molar-refractivity contribution in [1.82, 2.24) is 0 Å². The molecule has 11 heavy (non-hydrogen) atoms. The van der Waals surface area contributed by atoms with E-state index >= 15 is 0 Å². The first-order valence-electron chi connectivity index (χ1n) is 3.81. The van der Waals surface area contributed by atoms with Crippen LogP contribution in [0, 0.1) is 6.92 Å². The Hall–Kier alpha value is -0.340. The van der Waals surface area contributed by atoms with Gasteiger partial charge in [-0.3, -0.25) is 0 Å². The topological polar surface area (TPSA) is 29.5 Å². The molecule has 0 atom stereocenters. The van der Waals surface area contributed by atoms with Crippen molar-refractivity contribution < 1.29 is 9.84 Å². The Morgan fingerprint density at radius 3 is 2.27 bits per heavy atom. The first-order chi connectivity index (χ1) is 5.18. The third-order valence-electron chi connectivity index (χ3n) is 0.637. The summed E-state index contributed by atoms with van der Waals surface area (Å²) in [6, 6.07) is 0. The SMILES string of the molecule is CCO.[CH2]CCOCC(=C)C. The fourth-order valence-electron chi connectivity index (χ4n) is 0.348. The molecule has 0 aliphatic rings. The van der Waals surface area contributed by atoms with Gasteiger partial charge in [-0.15, -0.1) is 0 Å². The molecule has 0 aliphatic heterocycles. The van der Waals surface area contributed by atoms with E-state index in [0.717, 1.165) is 18.6 Å². The summed E-state index contributed by atoms with van der Waals surface area (Å²) in [6.45, 7) is 12.6. The minimum atomic E-state index is 0.250. The van der Waals surface area contributed by atoms with E-state index in [1.54, 1.807) is 6.92 Å². The highest BCUT2D eigenvalue weighted by Crippen LogP contribution is 1.88. The van der Waals surface area contributed by atoms with Crippen molar-refractivity contribution >= 4 is 0 Å². The van der Waals surface area contributed by atoms with Crippen LogP contribution in [0.25, 0.3) is 0 Å². The van der Waals surface area contributed by atoms with Gasteiger partial charge < -0.3 is 9.84 Å². The second-order valence-corrected chi connectivity index (χ2v) is 2.18. The minimum absolute atomic E-state index is 0.250. The number of hydrogen-bond acceptors (Lipinski definition) is 2. The van der Waals surface area contributed by atoms with Gasteiger partial charge in [0.2, 0.25) is 0 Å². The normalized spacial score (nSPS) is 8.36. The monoisotopic (exact) mass is 159 g/mol. The fourth-order valence-corrected chi connectivity index (χ4v) is 0.348. The Morgan fingerprint density at radius 2 is 2.00 bits per heavy atom.